The lowest BCUT2D eigenvalue weighted by Crippen LogP contribution is -1.93. The van der Waals surface area contributed by atoms with Crippen molar-refractivity contribution in [2.24, 2.45) is 0 Å². The minimum Gasteiger partial charge on any atom is -0.364 e. The van der Waals surface area contributed by atoms with Crippen LogP contribution in [-0.4, -0.2) is 6.61 Å². The Labute approximate surface area is 86.1 Å². The molecule has 0 aliphatic heterocycles. The molecule has 14 heavy (non-hydrogen) atoms. The van der Waals surface area contributed by atoms with Crippen molar-refractivity contribution in [3.05, 3.63) is 35.4 Å². The molecule has 0 spiro atoms. The number of terminal acetylenes is 1. The molecule has 0 unspecified atom stereocenters. The van der Waals surface area contributed by atoms with Crippen LogP contribution in [-0.2, 0) is 17.8 Å². The molecule has 0 aliphatic carbocycles. The SMILES string of the molecule is C#CCOCc1ccc(CCC)cc1. The molecule has 0 saturated carbocycles. The number of hydrogen-bond donors (Lipinski definition) is 0. The maximum atomic E-state index is 5.23. The van der Waals surface area contributed by atoms with E-state index in [0.717, 1.165) is 6.42 Å². The maximum Gasteiger partial charge on any atom is 0.107 e. The van der Waals surface area contributed by atoms with Crippen LogP contribution in [0, 0.1) is 12.3 Å². The van der Waals surface area contributed by atoms with Gasteiger partial charge in [-0.2, -0.15) is 0 Å². The molecule has 0 radical (unpaired) electrons. The van der Waals surface area contributed by atoms with Crippen molar-refractivity contribution in [3.8, 4) is 12.3 Å². The average Bonchev–Trinajstić information content (AvgIpc) is 2.21. The van der Waals surface area contributed by atoms with Crippen LogP contribution in [0.5, 0.6) is 0 Å². The molecule has 0 aliphatic rings. The molecule has 0 N–H and O–H groups in total. The van der Waals surface area contributed by atoms with Crippen LogP contribution in [0.25, 0.3) is 0 Å². The normalized spacial score (nSPS) is 9.71. The predicted molar refractivity (Wildman–Crippen MR) is 58.9 cm³/mol. The third kappa shape index (κ3) is 3.64. The highest BCUT2D eigenvalue weighted by atomic mass is 16.5. The standard InChI is InChI=1S/C13H16O/c1-3-5-12-6-8-13(9-7-12)11-14-10-4-2/h2,6-9H,3,5,10-11H2,1H3. The molecule has 1 aromatic rings. The fourth-order valence-corrected chi connectivity index (χ4v) is 1.32. The number of benzene rings is 1. The first-order chi connectivity index (χ1) is 6.86. The van der Waals surface area contributed by atoms with Gasteiger partial charge in [0, 0.05) is 0 Å². The Balaban J connectivity index is 2.43. The topological polar surface area (TPSA) is 9.23 Å². The van der Waals surface area contributed by atoms with Crippen molar-refractivity contribution in [2.75, 3.05) is 6.61 Å². The first-order valence-electron chi connectivity index (χ1n) is 4.96. The quantitative estimate of drug-likeness (QED) is 0.510. The van der Waals surface area contributed by atoms with Crippen LogP contribution in [0.1, 0.15) is 24.5 Å². The van der Waals surface area contributed by atoms with Crippen LogP contribution in [0.2, 0.25) is 0 Å². The summed E-state index contributed by atoms with van der Waals surface area (Å²) in [7, 11) is 0. The summed E-state index contributed by atoms with van der Waals surface area (Å²) in [5.41, 5.74) is 2.56. The molecule has 1 aromatic carbocycles. The lowest BCUT2D eigenvalue weighted by atomic mass is 10.1. The van der Waals surface area contributed by atoms with Gasteiger partial charge in [-0.05, 0) is 17.5 Å². The second kappa shape index (κ2) is 6.23. The minimum atomic E-state index is 0.386. The monoisotopic (exact) mass is 188 g/mol. The minimum absolute atomic E-state index is 0.386. The molecule has 1 rings (SSSR count). The summed E-state index contributed by atoms with van der Waals surface area (Å²) in [6.07, 6.45) is 7.41. The van der Waals surface area contributed by atoms with E-state index in [2.05, 4.69) is 37.1 Å². The zero-order valence-electron chi connectivity index (χ0n) is 8.62. The Kier molecular flexibility index (Phi) is 4.82. The van der Waals surface area contributed by atoms with E-state index in [-0.39, 0.29) is 0 Å². The van der Waals surface area contributed by atoms with E-state index in [4.69, 9.17) is 11.2 Å². The van der Waals surface area contributed by atoms with E-state index >= 15 is 0 Å². The van der Waals surface area contributed by atoms with E-state index in [0.29, 0.717) is 13.2 Å². The highest BCUT2D eigenvalue weighted by molar-refractivity contribution is 5.22. The smallest absolute Gasteiger partial charge is 0.107 e. The number of hydrogen-bond acceptors (Lipinski definition) is 1. The maximum absolute atomic E-state index is 5.23. The first kappa shape index (κ1) is 10.8. The van der Waals surface area contributed by atoms with E-state index in [1.54, 1.807) is 0 Å². The van der Waals surface area contributed by atoms with Gasteiger partial charge in [-0.15, -0.1) is 6.42 Å². The van der Waals surface area contributed by atoms with Crippen LogP contribution in [0.15, 0.2) is 24.3 Å². The molecule has 74 valence electrons. The van der Waals surface area contributed by atoms with Crippen LogP contribution in [0.4, 0.5) is 0 Å². The predicted octanol–water partition coefficient (Wildman–Crippen LogP) is 2.79. The van der Waals surface area contributed by atoms with Gasteiger partial charge in [0.15, 0.2) is 0 Å². The van der Waals surface area contributed by atoms with Gasteiger partial charge < -0.3 is 4.74 Å². The van der Waals surface area contributed by atoms with Crippen molar-refractivity contribution >= 4 is 0 Å². The lowest BCUT2D eigenvalue weighted by molar-refractivity contribution is 0.153. The van der Waals surface area contributed by atoms with E-state index in [9.17, 15) is 0 Å². The van der Waals surface area contributed by atoms with Gasteiger partial charge in [-0.3, -0.25) is 0 Å². The van der Waals surface area contributed by atoms with E-state index in [1.165, 1.54) is 17.5 Å². The molecule has 0 fully saturated rings. The summed E-state index contributed by atoms with van der Waals surface area (Å²) in [6, 6.07) is 8.50. The Morgan fingerprint density at radius 1 is 1.21 bits per heavy atom. The summed E-state index contributed by atoms with van der Waals surface area (Å²) in [4.78, 5) is 0. The summed E-state index contributed by atoms with van der Waals surface area (Å²) >= 11 is 0. The number of ether oxygens (including phenoxy) is 1. The van der Waals surface area contributed by atoms with Gasteiger partial charge in [0.25, 0.3) is 0 Å². The van der Waals surface area contributed by atoms with Gasteiger partial charge in [0.2, 0.25) is 0 Å². The van der Waals surface area contributed by atoms with E-state index in [1.807, 2.05) is 0 Å². The first-order valence-corrected chi connectivity index (χ1v) is 4.96. The molecule has 0 bridgehead atoms. The molecule has 1 heteroatoms. The molecular weight excluding hydrogens is 172 g/mol. The summed E-state index contributed by atoms with van der Waals surface area (Å²) in [6.45, 7) is 3.18. The van der Waals surface area contributed by atoms with Gasteiger partial charge in [0.05, 0.1) is 6.61 Å². The highest BCUT2D eigenvalue weighted by Gasteiger charge is 1.93. The van der Waals surface area contributed by atoms with Crippen molar-refractivity contribution in [1.29, 1.82) is 0 Å². The lowest BCUT2D eigenvalue weighted by Gasteiger charge is -2.02. The molecule has 0 atom stereocenters. The summed E-state index contributed by atoms with van der Waals surface area (Å²) in [5, 5.41) is 0. The van der Waals surface area contributed by atoms with Crippen molar-refractivity contribution < 1.29 is 4.74 Å². The molecule has 0 amide bonds. The van der Waals surface area contributed by atoms with Crippen molar-refractivity contribution in [1.82, 2.24) is 0 Å². The fourth-order valence-electron chi connectivity index (χ4n) is 1.32. The highest BCUT2D eigenvalue weighted by Crippen LogP contribution is 2.07. The third-order valence-electron chi connectivity index (χ3n) is 2.02. The third-order valence-corrected chi connectivity index (χ3v) is 2.02. The Morgan fingerprint density at radius 3 is 2.43 bits per heavy atom. The zero-order valence-corrected chi connectivity index (χ0v) is 8.62. The second-order valence-electron chi connectivity index (χ2n) is 3.26. The van der Waals surface area contributed by atoms with Crippen LogP contribution in [0.3, 0.4) is 0 Å². The summed E-state index contributed by atoms with van der Waals surface area (Å²) in [5.74, 6) is 2.45. The largest absolute Gasteiger partial charge is 0.364 e. The molecular formula is C13H16O. The second-order valence-corrected chi connectivity index (χ2v) is 3.26. The number of rotatable bonds is 5. The van der Waals surface area contributed by atoms with E-state index < -0.39 is 0 Å². The van der Waals surface area contributed by atoms with Gasteiger partial charge in [-0.25, -0.2) is 0 Å². The van der Waals surface area contributed by atoms with Crippen molar-refractivity contribution in [3.63, 3.8) is 0 Å². The molecule has 1 nitrogen and oxygen atoms in total. The molecule has 0 saturated heterocycles. The fraction of sp³-hybridized carbons (Fsp3) is 0.385. The Morgan fingerprint density at radius 2 is 1.86 bits per heavy atom. The Bertz CT molecular complexity index is 292. The molecule has 0 heterocycles. The van der Waals surface area contributed by atoms with Crippen molar-refractivity contribution in [2.45, 2.75) is 26.4 Å². The van der Waals surface area contributed by atoms with Crippen LogP contribution >= 0.6 is 0 Å². The number of aryl methyl sites for hydroxylation is 1. The summed E-state index contributed by atoms with van der Waals surface area (Å²) < 4.78 is 5.23. The average molecular weight is 188 g/mol. The van der Waals surface area contributed by atoms with Gasteiger partial charge in [-0.1, -0.05) is 43.5 Å². The Hall–Kier alpha value is -1.26. The van der Waals surface area contributed by atoms with Gasteiger partial charge in [0.1, 0.15) is 6.61 Å². The van der Waals surface area contributed by atoms with Gasteiger partial charge >= 0.3 is 0 Å². The zero-order chi connectivity index (χ0) is 10.2. The molecule has 0 aromatic heterocycles. The van der Waals surface area contributed by atoms with Crippen LogP contribution < -0.4 is 0 Å².